The second kappa shape index (κ2) is 6.51. The Kier molecular flexibility index (Phi) is 4.92. The van der Waals surface area contributed by atoms with Gasteiger partial charge in [0, 0.05) is 12.1 Å². The van der Waals surface area contributed by atoms with E-state index in [-0.39, 0.29) is 39.9 Å². The lowest BCUT2D eigenvalue weighted by atomic mass is 10.1. The number of hydrogen-bond acceptors (Lipinski definition) is 4. The van der Waals surface area contributed by atoms with E-state index < -0.39 is 12.1 Å². The summed E-state index contributed by atoms with van der Waals surface area (Å²) < 4.78 is 5.29. The molecule has 0 aromatic heterocycles. The quantitative estimate of drug-likeness (QED) is 0.731. The number of ether oxygens (including phenoxy) is 1. The largest absolute Gasteiger partial charge is 0.479 e. The number of benzene rings is 1. The molecule has 1 aliphatic heterocycles. The van der Waals surface area contributed by atoms with Crippen LogP contribution in [-0.4, -0.2) is 35.7 Å². The van der Waals surface area contributed by atoms with Crippen molar-refractivity contribution in [2.45, 2.75) is 25.0 Å². The van der Waals surface area contributed by atoms with Gasteiger partial charge in [-0.3, -0.25) is 4.79 Å². The molecule has 1 heterocycles. The minimum atomic E-state index is -0.985. The van der Waals surface area contributed by atoms with Crippen molar-refractivity contribution in [2.24, 2.45) is 0 Å². The van der Waals surface area contributed by atoms with Crippen LogP contribution in [0.1, 0.15) is 23.2 Å². The number of anilines is 1. The fourth-order valence-electron chi connectivity index (χ4n) is 2.06. The van der Waals surface area contributed by atoms with Crippen LogP contribution in [0.15, 0.2) is 12.1 Å². The first-order valence-electron chi connectivity index (χ1n) is 6.29. The van der Waals surface area contributed by atoms with Crippen molar-refractivity contribution in [3.8, 4) is 0 Å². The van der Waals surface area contributed by atoms with E-state index in [0.29, 0.717) is 12.8 Å². The number of carboxylic acids is 1. The monoisotopic (exact) mass is 332 g/mol. The normalized spacial score (nSPS) is 21.2. The van der Waals surface area contributed by atoms with Crippen LogP contribution in [0, 0.1) is 0 Å². The summed E-state index contributed by atoms with van der Waals surface area (Å²) in [6.45, 7) is 0.224. The molecule has 1 aliphatic rings. The fourth-order valence-corrected chi connectivity index (χ4v) is 2.55. The van der Waals surface area contributed by atoms with Gasteiger partial charge in [-0.1, -0.05) is 23.2 Å². The van der Waals surface area contributed by atoms with E-state index in [2.05, 4.69) is 5.32 Å². The van der Waals surface area contributed by atoms with Crippen LogP contribution in [0.4, 0.5) is 5.69 Å². The van der Waals surface area contributed by atoms with Gasteiger partial charge in [0.05, 0.1) is 21.8 Å². The zero-order chi connectivity index (χ0) is 15.6. The second-order valence-electron chi connectivity index (χ2n) is 4.73. The average Bonchev–Trinajstić information content (AvgIpc) is 2.90. The number of nitrogens with two attached hydrogens (primary N) is 1. The minimum absolute atomic E-state index is 0.204. The van der Waals surface area contributed by atoms with Crippen LogP contribution in [0.5, 0.6) is 0 Å². The molecule has 8 heteroatoms. The van der Waals surface area contributed by atoms with Gasteiger partial charge in [-0.15, -0.1) is 0 Å². The number of amides is 1. The lowest BCUT2D eigenvalue weighted by molar-refractivity contribution is -0.149. The van der Waals surface area contributed by atoms with E-state index in [1.165, 1.54) is 12.1 Å². The summed E-state index contributed by atoms with van der Waals surface area (Å²) in [4.78, 5) is 22.8. The Morgan fingerprint density at radius 1 is 1.33 bits per heavy atom. The first-order valence-corrected chi connectivity index (χ1v) is 7.05. The predicted molar refractivity (Wildman–Crippen MR) is 78.7 cm³/mol. The summed E-state index contributed by atoms with van der Waals surface area (Å²) in [6.07, 6.45) is -0.0855. The standard InChI is InChI=1S/C13H14Cl2N2O4/c14-8-3-6(4-9(15)11(8)16)12(18)17-5-7-1-2-10(21-7)13(19)20/h3-4,7,10H,1-2,5,16H2,(H,17,18)(H,19,20). The van der Waals surface area contributed by atoms with E-state index in [1.54, 1.807) is 0 Å². The molecule has 0 saturated carbocycles. The third-order valence-electron chi connectivity index (χ3n) is 3.21. The van der Waals surface area contributed by atoms with E-state index in [9.17, 15) is 9.59 Å². The molecule has 1 saturated heterocycles. The van der Waals surface area contributed by atoms with Crippen LogP contribution in [-0.2, 0) is 9.53 Å². The van der Waals surface area contributed by atoms with Gasteiger partial charge in [-0.05, 0) is 25.0 Å². The molecule has 2 atom stereocenters. The number of nitrogen functional groups attached to an aromatic ring is 1. The molecule has 4 N–H and O–H groups in total. The number of carbonyl (C=O) groups is 2. The Balaban J connectivity index is 1.92. The smallest absolute Gasteiger partial charge is 0.332 e. The number of aliphatic carboxylic acids is 1. The van der Waals surface area contributed by atoms with Crippen molar-refractivity contribution >= 4 is 40.8 Å². The summed E-state index contributed by atoms with van der Waals surface area (Å²) >= 11 is 11.7. The average molecular weight is 333 g/mol. The predicted octanol–water partition coefficient (Wildman–Crippen LogP) is 1.94. The highest BCUT2D eigenvalue weighted by Crippen LogP contribution is 2.28. The fraction of sp³-hybridized carbons (Fsp3) is 0.385. The summed E-state index contributed by atoms with van der Waals surface area (Å²) in [5.74, 6) is -1.36. The van der Waals surface area contributed by atoms with E-state index in [1.807, 2.05) is 0 Å². The Morgan fingerprint density at radius 2 is 1.95 bits per heavy atom. The first kappa shape index (κ1) is 15.9. The topological polar surface area (TPSA) is 102 Å². The summed E-state index contributed by atoms with van der Waals surface area (Å²) in [5, 5.41) is 11.9. The molecule has 1 aromatic rings. The summed E-state index contributed by atoms with van der Waals surface area (Å²) in [7, 11) is 0. The molecule has 0 aliphatic carbocycles. The molecule has 0 radical (unpaired) electrons. The Morgan fingerprint density at radius 3 is 2.48 bits per heavy atom. The molecule has 0 bridgehead atoms. The molecule has 114 valence electrons. The molecule has 21 heavy (non-hydrogen) atoms. The highest BCUT2D eigenvalue weighted by molar-refractivity contribution is 6.39. The third-order valence-corrected chi connectivity index (χ3v) is 3.84. The van der Waals surface area contributed by atoms with Gasteiger partial charge in [0.1, 0.15) is 0 Å². The number of carbonyl (C=O) groups excluding carboxylic acids is 1. The number of halogens is 2. The van der Waals surface area contributed by atoms with Crippen molar-refractivity contribution in [1.82, 2.24) is 5.32 Å². The lowest BCUT2D eigenvalue weighted by Gasteiger charge is -2.13. The minimum Gasteiger partial charge on any atom is -0.479 e. The number of carboxylic acid groups (broad SMARTS) is 1. The van der Waals surface area contributed by atoms with Crippen LogP contribution in [0.3, 0.4) is 0 Å². The highest BCUT2D eigenvalue weighted by atomic mass is 35.5. The van der Waals surface area contributed by atoms with Crippen molar-refractivity contribution in [3.05, 3.63) is 27.7 Å². The zero-order valence-electron chi connectivity index (χ0n) is 10.9. The van der Waals surface area contributed by atoms with E-state index in [4.69, 9.17) is 38.8 Å². The SMILES string of the molecule is Nc1c(Cl)cc(C(=O)NCC2CCC(C(=O)O)O2)cc1Cl. The van der Waals surface area contributed by atoms with Crippen LogP contribution >= 0.6 is 23.2 Å². The number of rotatable bonds is 4. The molecule has 0 spiro atoms. The van der Waals surface area contributed by atoms with Crippen LogP contribution < -0.4 is 11.1 Å². The molecular formula is C13H14Cl2N2O4. The zero-order valence-corrected chi connectivity index (χ0v) is 12.4. The van der Waals surface area contributed by atoms with Gasteiger partial charge < -0.3 is 20.9 Å². The van der Waals surface area contributed by atoms with Crippen molar-refractivity contribution in [2.75, 3.05) is 12.3 Å². The van der Waals surface area contributed by atoms with Crippen molar-refractivity contribution in [3.63, 3.8) is 0 Å². The van der Waals surface area contributed by atoms with Crippen LogP contribution in [0.2, 0.25) is 10.0 Å². The number of nitrogens with one attached hydrogen (secondary N) is 1. The molecule has 6 nitrogen and oxygen atoms in total. The second-order valence-corrected chi connectivity index (χ2v) is 5.54. The molecule has 1 fully saturated rings. The molecule has 1 aromatic carbocycles. The lowest BCUT2D eigenvalue weighted by Crippen LogP contribution is -2.33. The first-order chi connectivity index (χ1) is 9.88. The highest BCUT2D eigenvalue weighted by Gasteiger charge is 2.30. The Labute approximate surface area is 131 Å². The summed E-state index contributed by atoms with van der Waals surface area (Å²) in [5.41, 5.74) is 6.10. The van der Waals surface area contributed by atoms with E-state index in [0.717, 1.165) is 0 Å². The maximum atomic E-state index is 12.0. The molecule has 1 amide bonds. The maximum absolute atomic E-state index is 12.0. The third kappa shape index (κ3) is 3.78. The Hall–Kier alpha value is -1.50. The summed E-state index contributed by atoms with van der Waals surface area (Å²) in [6, 6.07) is 2.85. The van der Waals surface area contributed by atoms with Crippen molar-refractivity contribution < 1.29 is 19.4 Å². The van der Waals surface area contributed by atoms with Gasteiger partial charge >= 0.3 is 5.97 Å². The van der Waals surface area contributed by atoms with Gasteiger partial charge in [0.25, 0.3) is 5.91 Å². The molecule has 2 unspecified atom stereocenters. The van der Waals surface area contributed by atoms with Gasteiger partial charge in [0.15, 0.2) is 6.10 Å². The Bertz CT molecular complexity index is 556. The number of hydrogen-bond donors (Lipinski definition) is 3. The van der Waals surface area contributed by atoms with Gasteiger partial charge in [-0.25, -0.2) is 4.79 Å². The van der Waals surface area contributed by atoms with Crippen LogP contribution in [0.25, 0.3) is 0 Å². The van der Waals surface area contributed by atoms with Crippen molar-refractivity contribution in [1.29, 1.82) is 0 Å². The maximum Gasteiger partial charge on any atom is 0.332 e. The van der Waals surface area contributed by atoms with E-state index >= 15 is 0 Å². The van der Waals surface area contributed by atoms with Gasteiger partial charge in [0.2, 0.25) is 0 Å². The molecule has 2 rings (SSSR count). The van der Waals surface area contributed by atoms with Gasteiger partial charge in [-0.2, -0.15) is 0 Å². The molecular weight excluding hydrogens is 319 g/mol.